The molecule has 0 aromatic heterocycles. The van der Waals surface area contributed by atoms with Crippen LogP contribution in [0.1, 0.15) is 60.5 Å². The number of nitrogens with two attached hydrogens (primary N) is 1. The highest BCUT2D eigenvalue weighted by atomic mass is 16.2. The van der Waals surface area contributed by atoms with Crippen LogP contribution >= 0.6 is 0 Å². The minimum absolute atomic E-state index is 0.130. The van der Waals surface area contributed by atoms with Crippen molar-refractivity contribution in [3.05, 3.63) is 34.9 Å². The van der Waals surface area contributed by atoms with Crippen molar-refractivity contribution in [3.8, 4) is 0 Å². The number of carbonyl (C=O) groups is 3. The summed E-state index contributed by atoms with van der Waals surface area (Å²) in [5.74, 6) is -0.783. The molecule has 0 saturated carbocycles. The molecule has 7 nitrogen and oxygen atoms in total. The summed E-state index contributed by atoms with van der Waals surface area (Å²) in [4.78, 5) is 38.2. The van der Waals surface area contributed by atoms with E-state index in [0.29, 0.717) is 31.6 Å². The molecule has 0 spiro atoms. The first-order valence-electron chi connectivity index (χ1n) is 9.74. The predicted molar refractivity (Wildman–Crippen MR) is 102 cm³/mol. The minimum Gasteiger partial charge on any atom is -0.329 e. The molecule has 1 saturated heterocycles. The first-order valence-corrected chi connectivity index (χ1v) is 9.74. The Kier molecular flexibility index (Phi) is 6.23. The van der Waals surface area contributed by atoms with E-state index in [4.69, 9.17) is 5.73 Å². The molecule has 1 fully saturated rings. The Balaban J connectivity index is 1.72. The van der Waals surface area contributed by atoms with E-state index in [2.05, 4.69) is 17.6 Å². The standard InChI is InChI=1S/C20H28N4O3/c1-2-3-7-15(10-21)22-11-13-5-4-6-14-12-24(20(27)18(13)14)16-8-9-17(25)23-19(16)26/h4-6,15-16,22H,2-3,7-12,21H2,1H3,(H,23,25,26). The second-order valence-electron chi connectivity index (χ2n) is 7.31. The molecule has 1 aromatic carbocycles. The van der Waals surface area contributed by atoms with Gasteiger partial charge < -0.3 is 16.0 Å². The maximum atomic E-state index is 13.0. The van der Waals surface area contributed by atoms with E-state index in [0.717, 1.165) is 30.4 Å². The number of fused-ring (bicyclic) bond motifs is 1. The van der Waals surface area contributed by atoms with Crippen LogP contribution in [-0.4, -0.2) is 41.2 Å². The maximum absolute atomic E-state index is 13.0. The van der Waals surface area contributed by atoms with Gasteiger partial charge in [-0.2, -0.15) is 0 Å². The molecule has 7 heteroatoms. The molecule has 2 aliphatic rings. The normalized spacial score (nSPS) is 20.6. The van der Waals surface area contributed by atoms with Crippen molar-refractivity contribution < 1.29 is 14.4 Å². The van der Waals surface area contributed by atoms with Gasteiger partial charge in [-0.3, -0.25) is 19.7 Å². The van der Waals surface area contributed by atoms with Gasteiger partial charge in [-0.05, 0) is 24.0 Å². The third-order valence-corrected chi connectivity index (χ3v) is 5.41. The van der Waals surface area contributed by atoms with Gasteiger partial charge in [-0.15, -0.1) is 0 Å². The molecule has 2 heterocycles. The second kappa shape index (κ2) is 8.63. The van der Waals surface area contributed by atoms with E-state index in [-0.39, 0.29) is 30.2 Å². The van der Waals surface area contributed by atoms with Crippen LogP contribution in [0.25, 0.3) is 0 Å². The summed E-state index contributed by atoms with van der Waals surface area (Å²) >= 11 is 0. The molecule has 146 valence electrons. The molecule has 1 aromatic rings. The fourth-order valence-electron chi connectivity index (χ4n) is 3.85. The Morgan fingerprint density at radius 2 is 2.15 bits per heavy atom. The zero-order valence-electron chi connectivity index (χ0n) is 15.8. The third-order valence-electron chi connectivity index (χ3n) is 5.41. The van der Waals surface area contributed by atoms with Crippen molar-refractivity contribution in [2.45, 2.75) is 64.2 Å². The fraction of sp³-hybridized carbons (Fsp3) is 0.550. The van der Waals surface area contributed by atoms with E-state index in [9.17, 15) is 14.4 Å². The van der Waals surface area contributed by atoms with Gasteiger partial charge >= 0.3 is 0 Å². The monoisotopic (exact) mass is 372 g/mol. The van der Waals surface area contributed by atoms with Gasteiger partial charge in [0.2, 0.25) is 11.8 Å². The van der Waals surface area contributed by atoms with Crippen LogP contribution < -0.4 is 16.4 Å². The SMILES string of the molecule is CCCCC(CN)NCc1cccc2c1C(=O)N(C1CCC(=O)NC1=O)C2. The van der Waals surface area contributed by atoms with Crippen LogP contribution in [0, 0.1) is 0 Å². The van der Waals surface area contributed by atoms with Crippen molar-refractivity contribution in [1.29, 1.82) is 0 Å². The molecule has 3 amide bonds. The highest BCUT2D eigenvalue weighted by molar-refractivity contribution is 6.05. The third kappa shape index (κ3) is 4.20. The van der Waals surface area contributed by atoms with Crippen molar-refractivity contribution in [2.24, 2.45) is 5.73 Å². The summed E-state index contributed by atoms with van der Waals surface area (Å²) in [6.07, 6.45) is 3.89. The highest BCUT2D eigenvalue weighted by Crippen LogP contribution is 2.29. The van der Waals surface area contributed by atoms with E-state index in [1.54, 1.807) is 4.90 Å². The Morgan fingerprint density at radius 3 is 2.85 bits per heavy atom. The number of amides is 3. The number of rotatable bonds is 8. The van der Waals surface area contributed by atoms with Crippen molar-refractivity contribution >= 4 is 17.7 Å². The lowest BCUT2D eigenvalue weighted by atomic mass is 10.0. The Labute approximate surface area is 159 Å². The summed E-state index contributed by atoms with van der Waals surface area (Å²) in [6.45, 7) is 3.69. The summed E-state index contributed by atoms with van der Waals surface area (Å²) in [7, 11) is 0. The molecule has 3 rings (SSSR count). The largest absolute Gasteiger partial charge is 0.329 e. The lowest BCUT2D eigenvalue weighted by Gasteiger charge is -2.29. The zero-order chi connectivity index (χ0) is 19.4. The van der Waals surface area contributed by atoms with Crippen molar-refractivity contribution in [2.75, 3.05) is 6.54 Å². The summed E-state index contributed by atoms with van der Waals surface area (Å²) < 4.78 is 0. The van der Waals surface area contributed by atoms with Crippen LogP contribution in [-0.2, 0) is 22.7 Å². The minimum atomic E-state index is -0.579. The highest BCUT2D eigenvalue weighted by Gasteiger charge is 2.39. The number of piperidine rings is 1. The van der Waals surface area contributed by atoms with Gasteiger partial charge in [0.05, 0.1) is 0 Å². The first kappa shape index (κ1) is 19.5. The number of unbranched alkanes of at least 4 members (excludes halogenated alkanes) is 1. The molecule has 2 unspecified atom stereocenters. The van der Waals surface area contributed by atoms with Gasteiger partial charge in [0.1, 0.15) is 6.04 Å². The van der Waals surface area contributed by atoms with Gasteiger partial charge in [0, 0.05) is 37.7 Å². The predicted octanol–water partition coefficient (Wildman–Crippen LogP) is 1.05. The second-order valence-corrected chi connectivity index (χ2v) is 7.31. The smallest absolute Gasteiger partial charge is 0.255 e. The molecule has 0 aliphatic carbocycles. The van der Waals surface area contributed by atoms with Gasteiger partial charge in [-0.25, -0.2) is 0 Å². The number of benzene rings is 1. The molecule has 2 aliphatic heterocycles. The topological polar surface area (TPSA) is 105 Å². The number of carbonyl (C=O) groups excluding carboxylic acids is 3. The molecule has 27 heavy (non-hydrogen) atoms. The number of nitrogens with zero attached hydrogens (tertiary/aromatic N) is 1. The van der Waals surface area contributed by atoms with Crippen LogP contribution in [0.3, 0.4) is 0 Å². The molecule has 2 atom stereocenters. The Hall–Kier alpha value is -2.25. The number of hydrogen-bond acceptors (Lipinski definition) is 5. The number of imide groups is 1. The molecule has 0 bridgehead atoms. The van der Waals surface area contributed by atoms with E-state index < -0.39 is 6.04 Å². The number of nitrogens with one attached hydrogen (secondary N) is 2. The van der Waals surface area contributed by atoms with Gasteiger partial charge in [0.15, 0.2) is 0 Å². The van der Waals surface area contributed by atoms with Crippen LogP contribution in [0.2, 0.25) is 0 Å². The molecular weight excluding hydrogens is 344 g/mol. The number of hydrogen-bond donors (Lipinski definition) is 3. The maximum Gasteiger partial charge on any atom is 0.255 e. The van der Waals surface area contributed by atoms with Crippen molar-refractivity contribution in [3.63, 3.8) is 0 Å². The summed E-state index contributed by atoms with van der Waals surface area (Å²) in [6, 6.07) is 5.47. The Bertz CT molecular complexity index is 734. The zero-order valence-corrected chi connectivity index (χ0v) is 15.8. The van der Waals surface area contributed by atoms with Crippen LogP contribution in [0.4, 0.5) is 0 Å². The van der Waals surface area contributed by atoms with Crippen LogP contribution in [0.15, 0.2) is 18.2 Å². The Morgan fingerprint density at radius 1 is 1.33 bits per heavy atom. The van der Waals surface area contributed by atoms with E-state index in [1.807, 2.05) is 18.2 Å². The average molecular weight is 372 g/mol. The van der Waals surface area contributed by atoms with Crippen molar-refractivity contribution in [1.82, 2.24) is 15.5 Å². The van der Waals surface area contributed by atoms with E-state index >= 15 is 0 Å². The lowest BCUT2D eigenvalue weighted by molar-refractivity contribution is -0.136. The average Bonchev–Trinajstić information content (AvgIpc) is 2.99. The molecule has 0 radical (unpaired) electrons. The quantitative estimate of drug-likeness (QED) is 0.592. The summed E-state index contributed by atoms with van der Waals surface area (Å²) in [5.41, 5.74) is 8.40. The molecular formula is C20H28N4O3. The fourth-order valence-corrected chi connectivity index (χ4v) is 3.85. The van der Waals surface area contributed by atoms with Crippen LogP contribution in [0.5, 0.6) is 0 Å². The lowest BCUT2D eigenvalue weighted by Crippen LogP contribution is -2.52. The van der Waals surface area contributed by atoms with Gasteiger partial charge in [-0.1, -0.05) is 38.0 Å². The summed E-state index contributed by atoms with van der Waals surface area (Å²) in [5, 5.41) is 5.80. The van der Waals surface area contributed by atoms with Gasteiger partial charge in [0.25, 0.3) is 5.91 Å². The first-order chi connectivity index (χ1) is 13.0. The molecule has 4 N–H and O–H groups in total. The van der Waals surface area contributed by atoms with E-state index in [1.165, 1.54) is 0 Å².